The van der Waals surface area contributed by atoms with Crippen molar-refractivity contribution < 1.29 is 26.4 Å². The van der Waals surface area contributed by atoms with Crippen molar-refractivity contribution in [2.45, 2.75) is 38.2 Å². The molecule has 0 bridgehead atoms. The zero-order chi connectivity index (χ0) is 16.4. The molecule has 1 N–H and O–H groups in total. The van der Waals surface area contributed by atoms with Gasteiger partial charge in [-0.25, -0.2) is 18.1 Å². The highest BCUT2D eigenvalue weighted by Crippen LogP contribution is 2.23. The standard InChI is InChI=1S/C10H13BrF3N3O3S/c1-6(2)21(19,20)16-9(18)7-8(11)17(5-15-7)4-3-10(12,13)14/h5-6H,3-4H2,1-2H3,(H,16,18). The lowest BCUT2D eigenvalue weighted by Gasteiger charge is -2.09. The maximum Gasteiger partial charge on any atom is 0.390 e. The fourth-order valence-electron chi connectivity index (χ4n) is 1.22. The summed E-state index contributed by atoms with van der Waals surface area (Å²) in [7, 11) is -3.84. The molecule has 0 spiro atoms. The first-order valence-electron chi connectivity index (χ1n) is 5.77. The van der Waals surface area contributed by atoms with Crippen LogP contribution in [0, 0.1) is 0 Å². The number of alkyl halides is 3. The van der Waals surface area contributed by atoms with Crippen LogP contribution in [0.4, 0.5) is 13.2 Å². The van der Waals surface area contributed by atoms with Crippen LogP contribution in [0.15, 0.2) is 10.9 Å². The van der Waals surface area contributed by atoms with Crippen LogP contribution in [-0.2, 0) is 16.6 Å². The summed E-state index contributed by atoms with van der Waals surface area (Å²) < 4.78 is 62.4. The third-order valence-corrected chi connectivity index (χ3v) is 5.02. The summed E-state index contributed by atoms with van der Waals surface area (Å²) in [5, 5.41) is -0.826. The monoisotopic (exact) mass is 391 g/mol. The molecule has 0 aliphatic rings. The molecular formula is C10H13BrF3N3O3S. The third kappa shape index (κ3) is 4.99. The fourth-order valence-corrected chi connectivity index (χ4v) is 2.36. The van der Waals surface area contributed by atoms with Crippen LogP contribution < -0.4 is 4.72 Å². The molecule has 0 aliphatic heterocycles. The zero-order valence-corrected chi connectivity index (χ0v) is 13.5. The van der Waals surface area contributed by atoms with Crippen LogP contribution in [0.1, 0.15) is 30.8 Å². The molecule has 0 aromatic carbocycles. The number of aryl methyl sites for hydroxylation is 1. The lowest BCUT2D eigenvalue weighted by molar-refractivity contribution is -0.136. The minimum Gasteiger partial charge on any atom is -0.324 e. The number of imidazole rings is 1. The van der Waals surface area contributed by atoms with E-state index >= 15 is 0 Å². The molecule has 0 saturated carbocycles. The number of nitrogens with one attached hydrogen (secondary N) is 1. The molecule has 1 heterocycles. The summed E-state index contributed by atoms with van der Waals surface area (Å²) in [6.07, 6.45) is -4.40. The lowest BCUT2D eigenvalue weighted by atomic mass is 10.4. The Morgan fingerprint density at radius 1 is 1.48 bits per heavy atom. The van der Waals surface area contributed by atoms with E-state index in [-0.39, 0.29) is 10.3 Å². The number of halogens is 4. The van der Waals surface area contributed by atoms with E-state index < -0.39 is 40.3 Å². The van der Waals surface area contributed by atoms with Gasteiger partial charge in [0.05, 0.1) is 18.0 Å². The van der Waals surface area contributed by atoms with Gasteiger partial charge in [0, 0.05) is 6.54 Å². The summed E-state index contributed by atoms with van der Waals surface area (Å²) in [6, 6.07) is 0. The van der Waals surface area contributed by atoms with Gasteiger partial charge >= 0.3 is 6.18 Å². The number of nitrogens with zero attached hydrogens (tertiary/aromatic N) is 2. The van der Waals surface area contributed by atoms with Crippen molar-refractivity contribution in [3.8, 4) is 0 Å². The summed E-state index contributed by atoms with van der Waals surface area (Å²) in [4.78, 5) is 15.4. The van der Waals surface area contributed by atoms with Gasteiger partial charge in [0.1, 0.15) is 4.60 Å². The van der Waals surface area contributed by atoms with Gasteiger partial charge in [0.25, 0.3) is 5.91 Å². The highest BCUT2D eigenvalue weighted by atomic mass is 79.9. The topological polar surface area (TPSA) is 81.1 Å². The molecule has 11 heteroatoms. The molecule has 0 fully saturated rings. The van der Waals surface area contributed by atoms with Crippen LogP contribution in [0.2, 0.25) is 0 Å². The van der Waals surface area contributed by atoms with E-state index in [0.717, 1.165) is 10.9 Å². The van der Waals surface area contributed by atoms with Gasteiger partial charge in [-0.1, -0.05) is 0 Å². The second-order valence-electron chi connectivity index (χ2n) is 4.47. The van der Waals surface area contributed by atoms with E-state index in [2.05, 4.69) is 20.9 Å². The third-order valence-electron chi connectivity index (χ3n) is 2.48. The van der Waals surface area contributed by atoms with Crippen LogP contribution in [0.3, 0.4) is 0 Å². The minimum absolute atomic E-state index is 0.0109. The number of hydrogen-bond donors (Lipinski definition) is 1. The Labute approximate surface area is 127 Å². The first-order valence-corrected chi connectivity index (χ1v) is 8.11. The zero-order valence-electron chi connectivity index (χ0n) is 11.1. The number of amides is 1. The SMILES string of the molecule is CC(C)S(=O)(=O)NC(=O)c1ncn(CCC(F)(F)F)c1Br. The van der Waals surface area contributed by atoms with Crippen LogP contribution in [-0.4, -0.2) is 35.3 Å². The molecule has 120 valence electrons. The first kappa shape index (κ1) is 18.0. The lowest BCUT2D eigenvalue weighted by Crippen LogP contribution is -2.36. The highest BCUT2D eigenvalue weighted by Gasteiger charge is 2.28. The van der Waals surface area contributed by atoms with Crippen LogP contribution >= 0.6 is 15.9 Å². The molecule has 6 nitrogen and oxygen atoms in total. The number of rotatable bonds is 5. The number of carbonyl (C=O) groups is 1. The average molecular weight is 392 g/mol. The number of carbonyl (C=O) groups excluding carboxylic acids is 1. The van der Waals surface area contributed by atoms with E-state index in [1.165, 1.54) is 13.8 Å². The van der Waals surface area contributed by atoms with Crippen molar-refractivity contribution in [3.63, 3.8) is 0 Å². The summed E-state index contributed by atoms with van der Waals surface area (Å²) in [6.45, 7) is 2.33. The van der Waals surface area contributed by atoms with Gasteiger partial charge in [-0.3, -0.25) is 4.79 Å². The predicted molar refractivity (Wildman–Crippen MR) is 72.1 cm³/mol. The Kier molecular flexibility index (Phi) is 5.42. The van der Waals surface area contributed by atoms with Gasteiger partial charge in [-0.2, -0.15) is 13.2 Å². The Balaban J connectivity index is 2.87. The first-order chi connectivity index (χ1) is 9.44. The predicted octanol–water partition coefficient (Wildman–Crippen LogP) is 2.07. The second kappa shape index (κ2) is 6.34. The van der Waals surface area contributed by atoms with E-state index in [1.807, 2.05) is 0 Å². The van der Waals surface area contributed by atoms with Gasteiger partial charge in [-0.15, -0.1) is 0 Å². The molecule has 0 saturated heterocycles. The minimum atomic E-state index is -4.34. The molecule has 0 radical (unpaired) electrons. The van der Waals surface area contributed by atoms with E-state index in [4.69, 9.17) is 0 Å². The van der Waals surface area contributed by atoms with Crippen molar-refractivity contribution in [2.75, 3.05) is 0 Å². The fraction of sp³-hybridized carbons (Fsp3) is 0.600. The van der Waals surface area contributed by atoms with Crippen LogP contribution in [0.5, 0.6) is 0 Å². The Bertz CT molecular complexity index is 625. The van der Waals surface area contributed by atoms with Crippen molar-refractivity contribution in [1.29, 1.82) is 0 Å². The summed E-state index contributed by atoms with van der Waals surface area (Å²) in [5.41, 5.74) is -0.290. The molecule has 0 atom stereocenters. The van der Waals surface area contributed by atoms with E-state index in [9.17, 15) is 26.4 Å². The normalized spacial score (nSPS) is 12.7. The van der Waals surface area contributed by atoms with Gasteiger partial charge in [0.2, 0.25) is 10.0 Å². The van der Waals surface area contributed by atoms with Crippen molar-refractivity contribution in [3.05, 3.63) is 16.6 Å². The molecule has 0 aliphatic carbocycles. The largest absolute Gasteiger partial charge is 0.390 e. The molecule has 1 aromatic rings. The van der Waals surface area contributed by atoms with E-state index in [0.29, 0.717) is 0 Å². The smallest absolute Gasteiger partial charge is 0.324 e. The Hall–Kier alpha value is -1.10. The Morgan fingerprint density at radius 2 is 2.05 bits per heavy atom. The van der Waals surface area contributed by atoms with Crippen molar-refractivity contribution >= 4 is 31.9 Å². The molecule has 1 rings (SSSR count). The van der Waals surface area contributed by atoms with Gasteiger partial charge < -0.3 is 4.57 Å². The van der Waals surface area contributed by atoms with Gasteiger partial charge in [-0.05, 0) is 29.8 Å². The van der Waals surface area contributed by atoms with E-state index in [1.54, 1.807) is 4.72 Å². The van der Waals surface area contributed by atoms with Crippen molar-refractivity contribution in [2.24, 2.45) is 0 Å². The maximum atomic E-state index is 12.1. The van der Waals surface area contributed by atoms with Crippen LogP contribution in [0.25, 0.3) is 0 Å². The van der Waals surface area contributed by atoms with Gasteiger partial charge in [0.15, 0.2) is 5.69 Å². The second-order valence-corrected chi connectivity index (χ2v) is 7.46. The quantitative estimate of drug-likeness (QED) is 0.832. The van der Waals surface area contributed by atoms with Crippen molar-refractivity contribution in [1.82, 2.24) is 14.3 Å². The number of hydrogen-bond acceptors (Lipinski definition) is 4. The molecule has 0 unspecified atom stereocenters. The average Bonchev–Trinajstić information content (AvgIpc) is 2.66. The number of aromatic nitrogens is 2. The number of sulfonamides is 1. The highest BCUT2D eigenvalue weighted by molar-refractivity contribution is 9.10. The molecule has 21 heavy (non-hydrogen) atoms. The molecule has 1 aromatic heterocycles. The molecular weight excluding hydrogens is 379 g/mol. The Morgan fingerprint density at radius 3 is 2.52 bits per heavy atom. The molecule has 1 amide bonds. The summed E-state index contributed by atoms with van der Waals surface area (Å²) in [5.74, 6) is -0.999. The maximum absolute atomic E-state index is 12.1. The summed E-state index contributed by atoms with van der Waals surface area (Å²) >= 11 is 2.94.